The Bertz CT molecular complexity index is 994. The maximum Gasteiger partial charge on any atom is 0.261 e. The van der Waals surface area contributed by atoms with E-state index in [-0.39, 0.29) is 30.6 Å². The van der Waals surface area contributed by atoms with Gasteiger partial charge in [-0.15, -0.1) is 0 Å². The van der Waals surface area contributed by atoms with Gasteiger partial charge in [0.05, 0.1) is 23.1 Å². The third-order valence-corrected chi connectivity index (χ3v) is 4.08. The third-order valence-electron chi connectivity index (χ3n) is 4.08. The molecule has 0 fully saturated rings. The van der Waals surface area contributed by atoms with Gasteiger partial charge in [-0.1, -0.05) is 24.3 Å². The zero-order valence-corrected chi connectivity index (χ0v) is 14.9. The summed E-state index contributed by atoms with van der Waals surface area (Å²) in [5.41, 5.74) is 4.83. The number of furan rings is 1. The van der Waals surface area contributed by atoms with Crippen LogP contribution in [0.1, 0.15) is 0 Å². The van der Waals surface area contributed by atoms with Crippen LogP contribution >= 0.6 is 0 Å². The summed E-state index contributed by atoms with van der Waals surface area (Å²) >= 11 is 0. The Labute approximate surface area is 150 Å². The molecular weight excluding hydrogens is 403 g/mol. The van der Waals surface area contributed by atoms with E-state index in [2.05, 4.69) is 35.1 Å². The van der Waals surface area contributed by atoms with Gasteiger partial charge in [0.25, 0.3) is 5.52 Å². The van der Waals surface area contributed by atoms with Crippen molar-refractivity contribution in [3.63, 3.8) is 0 Å². The maximum atomic E-state index is 9.17. The van der Waals surface area contributed by atoms with E-state index >= 15 is 0 Å². The van der Waals surface area contributed by atoms with Crippen molar-refractivity contribution in [2.45, 2.75) is 0 Å². The van der Waals surface area contributed by atoms with Crippen LogP contribution in [0.2, 0.25) is 0 Å². The fraction of sp³-hybridized carbons (Fsp3) is 0.167. The van der Waals surface area contributed by atoms with E-state index in [4.69, 9.17) is 9.52 Å². The fourth-order valence-corrected chi connectivity index (χ4v) is 3.11. The number of pyridine rings is 1. The topological polar surface area (TPSA) is 49.3 Å². The first-order valence-electron chi connectivity index (χ1n) is 7.38. The highest BCUT2D eigenvalue weighted by Gasteiger charge is 2.23. The second kappa shape index (κ2) is 6.33. The van der Waals surface area contributed by atoms with Crippen LogP contribution in [0.15, 0.2) is 52.9 Å². The van der Waals surface area contributed by atoms with E-state index in [1.807, 2.05) is 30.3 Å². The molecule has 0 radical (unpaired) electrons. The van der Waals surface area contributed by atoms with Crippen LogP contribution in [0, 0.1) is 0 Å². The van der Waals surface area contributed by atoms with E-state index in [9.17, 15) is 0 Å². The van der Waals surface area contributed by atoms with Crippen molar-refractivity contribution in [1.29, 1.82) is 0 Å². The van der Waals surface area contributed by atoms with Crippen LogP contribution in [-0.2, 0) is 7.05 Å². The number of para-hydroxylation sites is 2. The Balaban J connectivity index is 0.00000156. The number of aromatic nitrogens is 1. The lowest BCUT2D eigenvalue weighted by atomic mass is 10.1. The largest absolute Gasteiger partial charge is 1.00 e. The molecule has 2 N–H and O–H groups in total. The zero-order valence-electron chi connectivity index (χ0n) is 12.7. The van der Waals surface area contributed by atoms with E-state index in [1.165, 1.54) is 0 Å². The molecule has 118 valence electrons. The molecule has 23 heavy (non-hydrogen) atoms. The van der Waals surface area contributed by atoms with Crippen molar-refractivity contribution in [3.8, 4) is 0 Å². The number of hydrogen-bond donors (Lipinski definition) is 2. The van der Waals surface area contributed by atoms with Gasteiger partial charge >= 0.3 is 0 Å². The van der Waals surface area contributed by atoms with Crippen LogP contribution in [0.4, 0.5) is 5.69 Å². The van der Waals surface area contributed by atoms with Gasteiger partial charge in [-0.25, -0.2) is 0 Å². The van der Waals surface area contributed by atoms with Crippen molar-refractivity contribution < 1.29 is 38.1 Å². The van der Waals surface area contributed by atoms with Gasteiger partial charge in [-0.2, -0.15) is 4.57 Å². The van der Waals surface area contributed by atoms with Crippen LogP contribution in [0.5, 0.6) is 0 Å². The SMILES string of the molecule is C[n+]1c2ccccc2c(NCCO)c2oc3ccccc3c21.[I-]. The fourth-order valence-electron chi connectivity index (χ4n) is 3.11. The molecule has 0 saturated heterocycles. The first-order chi connectivity index (χ1) is 10.8. The van der Waals surface area contributed by atoms with Crippen LogP contribution in [0.25, 0.3) is 33.0 Å². The summed E-state index contributed by atoms with van der Waals surface area (Å²) in [4.78, 5) is 0. The number of aliphatic hydroxyl groups excluding tert-OH is 1. The molecule has 0 atom stereocenters. The molecule has 0 saturated carbocycles. The molecule has 4 nitrogen and oxygen atoms in total. The van der Waals surface area contributed by atoms with Crippen LogP contribution in [0.3, 0.4) is 0 Å². The molecule has 0 spiro atoms. The average molecular weight is 420 g/mol. The van der Waals surface area contributed by atoms with Gasteiger partial charge in [0.2, 0.25) is 11.1 Å². The van der Waals surface area contributed by atoms with Crippen molar-refractivity contribution in [2.24, 2.45) is 7.05 Å². The lowest BCUT2D eigenvalue weighted by Gasteiger charge is -2.08. The Kier molecular flexibility index (Phi) is 4.41. The first-order valence-corrected chi connectivity index (χ1v) is 7.38. The lowest BCUT2D eigenvalue weighted by Crippen LogP contribution is -3.00. The van der Waals surface area contributed by atoms with Crippen molar-refractivity contribution in [1.82, 2.24) is 0 Å². The number of anilines is 1. The van der Waals surface area contributed by atoms with Crippen LogP contribution < -0.4 is 33.9 Å². The van der Waals surface area contributed by atoms with Crippen molar-refractivity contribution in [3.05, 3.63) is 48.5 Å². The minimum atomic E-state index is 0. The number of halogens is 1. The highest BCUT2D eigenvalue weighted by Crippen LogP contribution is 2.35. The Morgan fingerprint density at radius 1 is 1.04 bits per heavy atom. The molecule has 2 aromatic carbocycles. The second-order valence-electron chi connectivity index (χ2n) is 5.38. The highest BCUT2D eigenvalue weighted by atomic mass is 127. The van der Waals surface area contributed by atoms with Gasteiger partial charge in [0.1, 0.15) is 12.6 Å². The standard InChI is InChI=1S/C18H16N2O2.HI/c1-20-14-8-4-2-6-12(14)16(19-10-11-21)18-17(20)13-7-3-5-9-15(13)22-18;/h2-9,21H,10-11H2,1H3;1H. The normalized spacial score (nSPS) is 11.0. The Morgan fingerprint density at radius 3 is 2.52 bits per heavy atom. The maximum absolute atomic E-state index is 9.17. The van der Waals surface area contributed by atoms with Gasteiger partial charge in [-0.3, -0.25) is 0 Å². The summed E-state index contributed by atoms with van der Waals surface area (Å²) in [5.74, 6) is 0. The molecule has 5 heteroatoms. The summed E-state index contributed by atoms with van der Waals surface area (Å²) in [5, 5.41) is 14.7. The highest BCUT2D eigenvalue weighted by molar-refractivity contribution is 6.11. The number of nitrogens with one attached hydrogen (secondary N) is 1. The molecule has 2 heterocycles. The second-order valence-corrected chi connectivity index (χ2v) is 5.38. The van der Waals surface area contributed by atoms with Gasteiger partial charge in [0.15, 0.2) is 0 Å². The molecular formula is C18H17IN2O2. The molecule has 0 aliphatic heterocycles. The summed E-state index contributed by atoms with van der Waals surface area (Å²) < 4.78 is 8.27. The number of aryl methyl sites for hydroxylation is 1. The predicted molar refractivity (Wildman–Crippen MR) is 88.0 cm³/mol. The minimum Gasteiger partial charge on any atom is -1.00 e. The molecule has 2 aromatic heterocycles. The summed E-state index contributed by atoms with van der Waals surface area (Å²) in [6.45, 7) is 0.570. The third kappa shape index (κ3) is 2.44. The average Bonchev–Trinajstić information content (AvgIpc) is 2.94. The summed E-state index contributed by atoms with van der Waals surface area (Å²) in [7, 11) is 2.06. The molecule has 0 aliphatic carbocycles. The van der Waals surface area contributed by atoms with E-state index < -0.39 is 0 Å². The Hall–Kier alpha value is -1.86. The molecule has 0 aliphatic rings. The molecule has 4 aromatic rings. The summed E-state index contributed by atoms with van der Waals surface area (Å²) in [6, 6.07) is 16.3. The summed E-state index contributed by atoms with van der Waals surface area (Å²) in [6.07, 6.45) is 0. The Morgan fingerprint density at radius 2 is 1.74 bits per heavy atom. The van der Waals surface area contributed by atoms with E-state index in [0.717, 1.165) is 38.7 Å². The van der Waals surface area contributed by atoms with Gasteiger partial charge < -0.3 is 38.8 Å². The number of aliphatic hydroxyl groups is 1. The number of nitrogens with zero attached hydrogens (tertiary/aromatic N) is 1. The monoisotopic (exact) mass is 420 g/mol. The quantitative estimate of drug-likeness (QED) is 0.362. The molecule has 0 unspecified atom stereocenters. The smallest absolute Gasteiger partial charge is 0.261 e. The predicted octanol–water partition coefficient (Wildman–Crippen LogP) is -0.0281. The molecule has 0 bridgehead atoms. The minimum absolute atomic E-state index is 0. The molecule has 4 rings (SSSR count). The van der Waals surface area contributed by atoms with Crippen molar-refractivity contribution >= 4 is 38.7 Å². The van der Waals surface area contributed by atoms with Crippen LogP contribution in [-0.4, -0.2) is 18.3 Å². The van der Waals surface area contributed by atoms with Gasteiger partial charge in [-0.05, 0) is 18.2 Å². The van der Waals surface area contributed by atoms with E-state index in [0.29, 0.717) is 6.54 Å². The lowest BCUT2D eigenvalue weighted by molar-refractivity contribution is -0.616. The van der Waals surface area contributed by atoms with Crippen molar-refractivity contribution in [2.75, 3.05) is 18.5 Å². The van der Waals surface area contributed by atoms with E-state index in [1.54, 1.807) is 0 Å². The van der Waals surface area contributed by atoms with Gasteiger partial charge in [0, 0.05) is 12.6 Å². The number of hydrogen-bond acceptors (Lipinski definition) is 3. The molecule has 0 amide bonds. The number of rotatable bonds is 3. The number of benzene rings is 2. The zero-order chi connectivity index (χ0) is 15.1. The number of fused-ring (bicyclic) bond motifs is 4. The first kappa shape index (κ1) is 16.0.